The number of thioether (sulfide) groups is 3. The fraction of sp³-hybridized carbons (Fsp3) is 1.00. The fourth-order valence-electron chi connectivity index (χ4n) is 0.566. The molecule has 1 aliphatic rings. The van der Waals surface area contributed by atoms with Gasteiger partial charge >= 0.3 is 0 Å². The van der Waals surface area contributed by atoms with Crippen LogP contribution in [-0.2, 0) is 0 Å². The Labute approximate surface area is 63.6 Å². The first-order valence-electron chi connectivity index (χ1n) is 2.74. The molecule has 1 saturated heterocycles. The van der Waals surface area contributed by atoms with Crippen molar-refractivity contribution in [2.75, 3.05) is 10.2 Å². The molecule has 0 spiro atoms. The Hall–Kier alpha value is 1.05. The minimum atomic E-state index is 0.899. The van der Waals surface area contributed by atoms with Gasteiger partial charge in [-0.15, -0.1) is 35.3 Å². The SMILES string of the molecule is CCC1SCSCS1. The molecule has 0 radical (unpaired) electrons. The molecule has 0 aromatic carbocycles. The molecule has 0 nitrogen and oxygen atoms in total. The minimum absolute atomic E-state index is 0.899. The fourth-order valence-corrected chi connectivity index (χ4v) is 5.29. The van der Waals surface area contributed by atoms with E-state index in [0.717, 1.165) is 4.58 Å². The van der Waals surface area contributed by atoms with Crippen LogP contribution in [0.1, 0.15) is 13.3 Å². The van der Waals surface area contributed by atoms with Gasteiger partial charge in [-0.1, -0.05) is 6.92 Å². The van der Waals surface area contributed by atoms with Gasteiger partial charge in [0.05, 0.1) is 4.58 Å². The topological polar surface area (TPSA) is 0 Å². The predicted molar refractivity (Wildman–Crippen MR) is 46.6 cm³/mol. The molecule has 0 aromatic rings. The van der Waals surface area contributed by atoms with E-state index in [0.29, 0.717) is 0 Å². The van der Waals surface area contributed by atoms with Gasteiger partial charge in [-0.05, 0) is 6.42 Å². The average Bonchev–Trinajstić information content (AvgIpc) is 1.90. The molecular formula is C5H10S3. The lowest BCUT2D eigenvalue weighted by atomic mass is 10.6. The zero-order valence-electron chi connectivity index (χ0n) is 4.92. The summed E-state index contributed by atoms with van der Waals surface area (Å²) in [6, 6.07) is 0. The van der Waals surface area contributed by atoms with E-state index in [1.807, 2.05) is 11.8 Å². The van der Waals surface area contributed by atoms with Crippen molar-refractivity contribution in [3.8, 4) is 0 Å². The van der Waals surface area contributed by atoms with E-state index in [2.05, 4.69) is 30.4 Å². The second-order valence-corrected chi connectivity index (χ2v) is 6.01. The lowest BCUT2D eigenvalue weighted by Gasteiger charge is -2.17. The monoisotopic (exact) mass is 166 g/mol. The summed E-state index contributed by atoms with van der Waals surface area (Å²) in [6.07, 6.45) is 1.33. The van der Waals surface area contributed by atoms with Crippen molar-refractivity contribution in [3.63, 3.8) is 0 Å². The second kappa shape index (κ2) is 3.96. The summed E-state index contributed by atoms with van der Waals surface area (Å²) in [5.41, 5.74) is 0. The van der Waals surface area contributed by atoms with Gasteiger partial charge in [0.15, 0.2) is 0 Å². The van der Waals surface area contributed by atoms with E-state index >= 15 is 0 Å². The Balaban J connectivity index is 2.13. The second-order valence-electron chi connectivity index (χ2n) is 1.61. The van der Waals surface area contributed by atoms with Crippen LogP contribution in [0.4, 0.5) is 0 Å². The Morgan fingerprint density at radius 1 is 1.38 bits per heavy atom. The molecular weight excluding hydrogens is 156 g/mol. The smallest absolute Gasteiger partial charge is 0.0516 e. The summed E-state index contributed by atoms with van der Waals surface area (Å²) in [6.45, 7) is 2.26. The molecule has 1 heterocycles. The maximum Gasteiger partial charge on any atom is 0.0516 e. The molecule has 1 fully saturated rings. The molecule has 0 unspecified atom stereocenters. The standard InChI is InChI=1S/C5H10S3/c1-2-5-7-3-6-4-8-5/h5H,2-4H2,1H3. The number of hydrogen-bond acceptors (Lipinski definition) is 3. The first-order chi connectivity index (χ1) is 3.93. The summed E-state index contributed by atoms with van der Waals surface area (Å²) in [5, 5.41) is 2.62. The van der Waals surface area contributed by atoms with Gasteiger partial charge < -0.3 is 0 Å². The summed E-state index contributed by atoms with van der Waals surface area (Å²) >= 11 is 6.22. The third-order valence-corrected chi connectivity index (χ3v) is 5.66. The average molecular weight is 166 g/mol. The molecule has 3 heteroatoms. The van der Waals surface area contributed by atoms with E-state index < -0.39 is 0 Å². The number of rotatable bonds is 1. The highest BCUT2D eigenvalue weighted by Gasteiger charge is 2.10. The van der Waals surface area contributed by atoms with Crippen LogP contribution in [0.5, 0.6) is 0 Å². The Morgan fingerprint density at radius 3 is 2.38 bits per heavy atom. The van der Waals surface area contributed by atoms with Gasteiger partial charge in [-0.3, -0.25) is 0 Å². The van der Waals surface area contributed by atoms with Crippen LogP contribution in [0.3, 0.4) is 0 Å². The van der Waals surface area contributed by atoms with E-state index in [1.165, 1.54) is 16.6 Å². The van der Waals surface area contributed by atoms with Crippen molar-refractivity contribution in [2.24, 2.45) is 0 Å². The molecule has 0 aliphatic carbocycles. The predicted octanol–water partition coefficient (Wildman–Crippen LogP) is 2.85. The zero-order valence-corrected chi connectivity index (χ0v) is 7.37. The summed E-state index contributed by atoms with van der Waals surface area (Å²) in [7, 11) is 0. The maximum absolute atomic E-state index is 2.26. The van der Waals surface area contributed by atoms with Gasteiger partial charge in [0.25, 0.3) is 0 Å². The summed E-state index contributed by atoms with van der Waals surface area (Å²) < 4.78 is 0.899. The van der Waals surface area contributed by atoms with Gasteiger partial charge in [0.2, 0.25) is 0 Å². The molecule has 1 rings (SSSR count). The largest absolute Gasteiger partial charge is 0.140 e. The van der Waals surface area contributed by atoms with Crippen LogP contribution < -0.4 is 0 Å². The van der Waals surface area contributed by atoms with Crippen molar-refractivity contribution in [3.05, 3.63) is 0 Å². The quantitative estimate of drug-likeness (QED) is 0.588. The van der Waals surface area contributed by atoms with Crippen molar-refractivity contribution in [1.82, 2.24) is 0 Å². The third-order valence-electron chi connectivity index (χ3n) is 1.01. The summed E-state index contributed by atoms with van der Waals surface area (Å²) in [4.78, 5) is 0. The molecule has 0 N–H and O–H groups in total. The van der Waals surface area contributed by atoms with Crippen LogP contribution in [0.15, 0.2) is 0 Å². The first-order valence-corrected chi connectivity index (χ1v) is 5.99. The van der Waals surface area contributed by atoms with Crippen molar-refractivity contribution in [1.29, 1.82) is 0 Å². The summed E-state index contributed by atoms with van der Waals surface area (Å²) in [5.74, 6) is 0. The van der Waals surface area contributed by atoms with E-state index in [9.17, 15) is 0 Å². The molecule has 0 saturated carbocycles. The molecule has 0 aromatic heterocycles. The molecule has 8 heavy (non-hydrogen) atoms. The molecule has 0 atom stereocenters. The van der Waals surface area contributed by atoms with Crippen LogP contribution in [0, 0.1) is 0 Å². The number of hydrogen-bond donors (Lipinski definition) is 0. The van der Waals surface area contributed by atoms with E-state index in [1.54, 1.807) is 0 Å². The van der Waals surface area contributed by atoms with Crippen LogP contribution in [-0.4, -0.2) is 14.8 Å². The molecule has 0 bridgehead atoms. The van der Waals surface area contributed by atoms with Gasteiger partial charge in [-0.2, -0.15) is 0 Å². The van der Waals surface area contributed by atoms with Crippen molar-refractivity contribution < 1.29 is 0 Å². The van der Waals surface area contributed by atoms with Crippen LogP contribution >= 0.6 is 35.3 Å². The van der Waals surface area contributed by atoms with Gasteiger partial charge in [0.1, 0.15) is 0 Å². The minimum Gasteiger partial charge on any atom is -0.140 e. The Bertz CT molecular complexity index is 58.7. The first kappa shape index (κ1) is 7.16. The third kappa shape index (κ3) is 2.11. The zero-order chi connectivity index (χ0) is 5.82. The lowest BCUT2D eigenvalue weighted by molar-refractivity contribution is 1.06. The van der Waals surface area contributed by atoms with Crippen LogP contribution in [0.25, 0.3) is 0 Å². The molecule has 48 valence electrons. The Kier molecular flexibility index (Phi) is 3.55. The van der Waals surface area contributed by atoms with Crippen molar-refractivity contribution in [2.45, 2.75) is 17.9 Å². The highest BCUT2D eigenvalue weighted by atomic mass is 32.3. The van der Waals surface area contributed by atoms with E-state index in [-0.39, 0.29) is 0 Å². The van der Waals surface area contributed by atoms with E-state index in [4.69, 9.17) is 0 Å². The lowest BCUT2D eigenvalue weighted by Crippen LogP contribution is -1.99. The molecule has 1 aliphatic heterocycles. The molecule has 0 amide bonds. The van der Waals surface area contributed by atoms with Crippen molar-refractivity contribution >= 4 is 35.3 Å². The Morgan fingerprint density at radius 2 is 2.00 bits per heavy atom. The highest BCUT2D eigenvalue weighted by molar-refractivity contribution is 8.32. The van der Waals surface area contributed by atoms with Gasteiger partial charge in [0, 0.05) is 10.2 Å². The normalized spacial score (nSPS) is 23.6. The van der Waals surface area contributed by atoms with Gasteiger partial charge in [-0.25, -0.2) is 0 Å². The maximum atomic E-state index is 2.26. The highest BCUT2D eigenvalue weighted by Crippen LogP contribution is 2.37. The van der Waals surface area contributed by atoms with Crippen LogP contribution in [0.2, 0.25) is 0 Å².